The maximum Gasteiger partial charge on any atom is 0.241 e. The fourth-order valence-electron chi connectivity index (χ4n) is 2.27. The third-order valence-electron chi connectivity index (χ3n) is 3.60. The van der Waals surface area contributed by atoms with Crippen LogP contribution in [0.3, 0.4) is 0 Å². The predicted molar refractivity (Wildman–Crippen MR) is 84.1 cm³/mol. The molecular formula is C15H13Cl2NO2S. The second-order valence-corrected chi connectivity index (χ2v) is 7.70. The molecule has 1 aliphatic carbocycles. The van der Waals surface area contributed by atoms with Gasteiger partial charge in [-0.1, -0.05) is 35.3 Å². The molecule has 3 nitrogen and oxygen atoms in total. The van der Waals surface area contributed by atoms with E-state index in [-0.39, 0.29) is 4.90 Å². The molecule has 0 unspecified atom stereocenters. The lowest BCUT2D eigenvalue weighted by atomic mass is 10.1. The molecule has 1 saturated carbocycles. The summed E-state index contributed by atoms with van der Waals surface area (Å²) in [6, 6.07) is 13.4. The summed E-state index contributed by atoms with van der Waals surface area (Å²) in [7, 11) is -3.57. The molecule has 1 N–H and O–H groups in total. The smallest absolute Gasteiger partial charge is 0.207 e. The van der Waals surface area contributed by atoms with Crippen LogP contribution in [-0.4, -0.2) is 8.42 Å². The standard InChI is InChI=1S/C15H13Cl2NO2S/c16-12-3-1-11(2-4-12)15(9-10-15)18-21(19,20)14-7-5-13(17)6-8-14/h1-8,18H,9-10H2. The highest BCUT2D eigenvalue weighted by atomic mass is 35.5. The van der Waals surface area contributed by atoms with E-state index in [2.05, 4.69) is 4.72 Å². The van der Waals surface area contributed by atoms with Crippen LogP contribution in [0.1, 0.15) is 18.4 Å². The Bertz CT molecular complexity index is 751. The molecular weight excluding hydrogens is 329 g/mol. The summed E-state index contributed by atoms with van der Waals surface area (Å²) in [4.78, 5) is 0.215. The van der Waals surface area contributed by atoms with Gasteiger partial charge in [0.15, 0.2) is 0 Å². The monoisotopic (exact) mass is 341 g/mol. The number of rotatable bonds is 4. The number of halogens is 2. The Hall–Kier alpha value is -1.07. The van der Waals surface area contributed by atoms with Crippen LogP contribution >= 0.6 is 23.2 Å². The van der Waals surface area contributed by atoms with Gasteiger partial charge in [0.2, 0.25) is 10.0 Å². The van der Waals surface area contributed by atoms with Crippen LogP contribution in [-0.2, 0) is 15.6 Å². The highest BCUT2D eigenvalue weighted by Gasteiger charge is 2.47. The van der Waals surface area contributed by atoms with E-state index >= 15 is 0 Å². The second-order valence-electron chi connectivity index (χ2n) is 5.15. The molecule has 110 valence electrons. The molecule has 2 aromatic carbocycles. The Kier molecular flexibility index (Phi) is 3.74. The average molecular weight is 342 g/mol. The minimum absolute atomic E-state index is 0.215. The van der Waals surface area contributed by atoms with Gasteiger partial charge < -0.3 is 0 Å². The van der Waals surface area contributed by atoms with Gasteiger partial charge in [0.05, 0.1) is 10.4 Å². The van der Waals surface area contributed by atoms with Crippen molar-refractivity contribution in [2.45, 2.75) is 23.3 Å². The SMILES string of the molecule is O=S(=O)(NC1(c2ccc(Cl)cc2)CC1)c1ccc(Cl)cc1. The molecule has 0 atom stereocenters. The fourth-order valence-corrected chi connectivity index (χ4v) is 3.97. The van der Waals surface area contributed by atoms with Crippen LogP contribution in [0.4, 0.5) is 0 Å². The second kappa shape index (κ2) is 5.29. The van der Waals surface area contributed by atoms with Crippen LogP contribution in [0.5, 0.6) is 0 Å². The normalized spacial score (nSPS) is 16.7. The predicted octanol–water partition coefficient (Wildman–Crippen LogP) is 3.96. The topological polar surface area (TPSA) is 46.2 Å². The van der Waals surface area contributed by atoms with Gasteiger partial charge in [0.25, 0.3) is 0 Å². The highest BCUT2D eigenvalue weighted by Crippen LogP contribution is 2.46. The summed E-state index contributed by atoms with van der Waals surface area (Å²) in [5.41, 5.74) is 0.424. The van der Waals surface area contributed by atoms with E-state index in [4.69, 9.17) is 23.2 Å². The van der Waals surface area contributed by atoms with Crippen molar-refractivity contribution >= 4 is 33.2 Å². The zero-order valence-electron chi connectivity index (χ0n) is 11.0. The summed E-state index contributed by atoms with van der Waals surface area (Å²) in [5, 5.41) is 1.14. The zero-order chi connectivity index (χ0) is 15.1. The lowest BCUT2D eigenvalue weighted by molar-refractivity contribution is 0.552. The molecule has 2 aromatic rings. The molecule has 0 aromatic heterocycles. The molecule has 1 aliphatic rings. The van der Waals surface area contributed by atoms with E-state index in [0.717, 1.165) is 18.4 Å². The van der Waals surface area contributed by atoms with Crippen molar-refractivity contribution in [3.8, 4) is 0 Å². The van der Waals surface area contributed by atoms with Gasteiger partial charge in [0.1, 0.15) is 0 Å². The first kappa shape index (κ1) is 14.9. The highest BCUT2D eigenvalue weighted by molar-refractivity contribution is 7.89. The van der Waals surface area contributed by atoms with Gasteiger partial charge in [-0.25, -0.2) is 13.1 Å². The van der Waals surface area contributed by atoms with Gasteiger partial charge in [-0.15, -0.1) is 0 Å². The lowest BCUT2D eigenvalue weighted by Gasteiger charge is -2.18. The van der Waals surface area contributed by atoms with Crippen molar-refractivity contribution in [3.05, 3.63) is 64.1 Å². The summed E-state index contributed by atoms with van der Waals surface area (Å²) < 4.78 is 27.7. The average Bonchev–Trinajstić information content (AvgIpc) is 3.20. The maximum atomic E-state index is 12.5. The Morgan fingerprint density at radius 1 is 0.857 bits per heavy atom. The number of hydrogen-bond acceptors (Lipinski definition) is 2. The molecule has 0 radical (unpaired) electrons. The van der Waals surface area contributed by atoms with Gasteiger partial charge in [0, 0.05) is 10.0 Å². The maximum absolute atomic E-state index is 12.5. The van der Waals surface area contributed by atoms with Crippen LogP contribution in [0.15, 0.2) is 53.4 Å². The largest absolute Gasteiger partial charge is 0.241 e. The molecule has 0 spiro atoms. The molecule has 21 heavy (non-hydrogen) atoms. The van der Waals surface area contributed by atoms with Gasteiger partial charge in [-0.05, 0) is 54.8 Å². The molecule has 1 fully saturated rings. The lowest BCUT2D eigenvalue weighted by Crippen LogP contribution is -2.34. The first-order valence-corrected chi connectivity index (χ1v) is 8.71. The van der Waals surface area contributed by atoms with E-state index in [1.807, 2.05) is 12.1 Å². The van der Waals surface area contributed by atoms with Gasteiger partial charge in [-0.3, -0.25) is 0 Å². The van der Waals surface area contributed by atoms with E-state index in [1.54, 1.807) is 24.3 Å². The van der Waals surface area contributed by atoms with Crippen LogP contribution < -0.4 is 4.72 Å². The van der Waals surface area contributed by atoms with Crippen molar-refractivity contribution in [1.29, 1.82) is 0 Å². The van der Waals surface area contributed by atoms with E-state index in [1.165, 1.54) is 12.1 Å². The first-order chi connectivity index (χ1) is 9.91. The third-order valence-corrected chi connectivity index (χ3v) is 5.66. The molecule has 6 heteroatoms. The molecule has 0 saturated heterocycles. The Morgan fingerprint density at radius 2 is 1.33 bits per heavy atom. The summed E-state index contributed by atoms with van der Waals surface area (Å²) in [6.07, 6.45) is 1.56. The molecule has 3 rings (SSSR count). The fraction of sp³-hybridized carbons (Fsp3) is 0.200. The zero-order valence-corrected chi connectivity index (χ0v) is 13.3. The minimum atomic E-state index is -3.57. The third kappa shape index (κ3) is 3.09. The van der Waals surface area contributed by atoms with Gasteiger partial charge >= 0.3 is 0 Å². The Balaban J connectivity index is 1.88. The van der Waals surface area contributed by atoms with Crippen LogP contribution in [0.2, 0.25) is 10.0 Å². The molecule has 0 aliphatic heterocycles. The minimum Gasteiger partial charge on any atom is -0.207 e. The van der Waals surface area contributed by atoms with Gasteiger partial charge in [-0.2, -0.15) is 0 Å². The number of benzene rings is 2. The van der Waals surface area contributed by atoms with E-state index in [0.29, 0.717) is 10.0 Å². The van der Waals surface area contributed by atoms with Crippen molar-refractivity contribution < 1.29 is 8.42 Å². The van der Waals surface area contributed by atoms with Crippen molar-refractivity contribution in [1.82, 2.24) is 4.72 Å². The molecule has 0 heterocycles. The van der Waals surface area contributed by atoms with Crippen molar-refractivity contribution in [2.24, 2.45) is 0 Å². The molecule has 0 amide bonds. The van der Waals surface area contributed by atoms with Crippen molar-refractivity contribution in [2.75, 3.05) is 0 Å². The summed E-state index contributed by atoms with van der Waals surface area (Å²) >= 11 is 11.7. The number of hydrogen-bond donors (Lipinski definition) is 1. The Labute approximate surface area is 133 Å². The first-order valence-electron chi connectivity index (χ1n) is 6.47. The number of nitrogens with one attached hydrogen (secondary N) is 1. The van der Waals surface area contributed by atoms with Crippen LogP contribution in [0, 0.1) is 0 Å². The summed E-state index contributed by atoms with van der Waals surface area (Å²) in [5.74, 6) is 0. The Morgan fingerprint density at radius 3 is 1.81 bits per heavy atom. The summed E-state index contributed by atoms with van der Waals surface area (Å²) in [6.45, 7) is 0. The van der Waals surface area contributed by atoms with Crippen molar-refractivity contribution in [3.63, 3.8) is 0 Å². The quantitative estimate of drug-likeness (QED) is 0.914. The number of sulfonamides is 1. The molecule has 0 bridgehead atoms. The van der Waals surface area contributed by atoms with Crippen LogP contribution in [0.25, 0.3) is 0 Å². The van der Waals surface area contributed by atoms with E-state index < -0.39 is 15.6 Å². The van der Waals surface area contributed by atoms with E-state index in [9.17, 15) is 8.42 Å².